The van der Waals surface area contributed by atoms with Gasteiger partial charge in [0.15, 0.2) is 5.96 Å². The Hall–Kier alpha value is -1.32. The molecule has 0 bridgehead atoms. The number of rotatable bonds is 8. The molecule has 1 saturated heterocycles. The molecule has 1 atom stereocenters. The van der Waals surface area contributed by atoms with Gasteiger partial charge in [0.05, 0.1) is 6.61 Å². The number of guanidine groups is 1. The topological polar surface area (TPSA) is 54.9 Å². The second-order valence-corrected chi connectivity index (χ2v) is 8.55. The summed E-state index contributed by atoms with van der Waals surface area (Å²) in [6, 6.07) is 12.9. The summed E-state index contributed by atoms with van der Waals surface area (Å²) in [6.45, 7) is 8.21. The first-order valence-electron chi connectivity index (χ1n) is 10.5. The van der Waals surface area contributed by atoms with Crippen molar-refractivity contribution in [2.75, 3.05) is 40.0 Å². The summed E-state index contributed by atoms with van der Waals surface area (Å²) in [5.74, 6) is 2.23. The lowest BCUT2D eigenvalue weighted by molar-refractivity contribution is 0.0513. The van der Waals surface area contributed by atoms with Crippen LogP contribution >= 0.6 is 35.3 Å². The maximum Gasteiger partial charge on any atom is 0.191 e. The Kier molecular flexibility index (Phi) is 10.4. The summed E-state index contributed by atoms with van der Waals surface area (Å²) in [6.07, 6.45) is 1.99. The van der Waals surface area contributed by atoms with Gasteiger partial charge in [-0.25, -0.2) is 0 Å². The number of hydrogen-bond acceptors (Lipinski definition) is 4. The van der Waals surface area contributed by atoms with Gasteiger partial charge in [0, 0.05) is 49.6 Å². The zero-order valence-corrected chi connectivity index (χ0v) is 21.3. The molecule has 1 fully saturated rings. The lowest BCUT2D eigenvalue weighted by Crippen LogP contribution is -2.48. The van der Waals surface area contributed by atoms with Gasteiger partial charge in [-0.15, -0.1) is 35.3 Å². The number of aliphatic imine (C=N–C) groups is 1. The van der Waals surface area contributed by atoms with Crippen LogP contribution < -0.4 is 15.4 Å². The van der Waals surface area contributed by atoms with Crippen molar-refractivity contribution < 1.29 is 9.47 Å². The Bertz CT molecular complexity index is 759. The molecule has 3 rings (SSSR count). The predicted molar refractivity (Wildman–Crippen MR) is 137 cm³/mol. The predicted octanol–water partition coefficient (Wildman–Crippen LogP) is 4.78. The van der Waals surface area contributed by atoms with Gasteiger partial charge in [0.2, 0.25) is 0 Å². The molecule has 0 amide bonds. The normalized spacial score (nSPS) is 17.0. The van der Waals surface area contributed by atoms with Gasteiger partial charge in [-0.1, -0.05) is 25.1 Å². The van der Waals surface area contributed by atoms with E-state index in [4.69, 9.17) is 9.47 Å². The highest BCUT2D eigenvalue weighted by Crippen LogP contribution is 2.35. The summed E-state index contributed by atoms with van der Waals surface area (Å²) in [4.78, 5) is 5.83. The first kappa shape index (κ1) is 24.9. The lowest BCUT2D eigenvalue weighted by atomic mass is 9.74. The minimum Gasteiger partial charge on any atom is -0.494 e. The van der Waals surface area contributed by atoms with E-state index >= 15 is 0 Å². The molecule has 0 aliphatic carbocycles. The van der Waals surface area contributed by atoms with Crippen molar-refractivity contribution in [1.29, 1.82) is 0 Å². The van der Waals surface area contributed by atoms with Crippen molar-refractivity contribution in [3.05, 3.63) is 52.2 Å². The van der Waals surface area contributed by atoms with Crippen LogP contribution in [0.4, 0.5) is 0 Å². The van der Waals surface area contributed by atoms with Crippen molar-refractivity contribution in [2.24, 2.45) is 4.99 Å². The van der Waals surface area contributed by atoms with Gasteiger partial charge in [-0.05, 0) is 48.9 Å². The second kappa shape index (κ2) is 12.5. The Balaban J connectivity index is 0.00000320. The Morgan fingerprint density at radius 1 is 1.20 bits per heavy atom. The molecule has 7 heteroatoms. The molecule has 30 heavy (non-hydrogen) atoms. The second-order valence-electron chi connectivity index (χ2n) is 7.57. The van der Waals surface area contributed by atoms with E-state index in [1.165, 1.54) is 10.4 Å². The minimum atomic E-state index is 0. The molecule has 2 aromatic rings. The lowest BCUT2D eigenvalue weighted by Gasteiger charge is -2.38. The highest BCUT2D eigenvalue weighted by molar-refractivity contribution is 14.0. The van der Waals surface area contributed by atoms with Gasteiger partial charge >= 0.3 is 0 Å². The molecule has 1 aliphatic heterocycles. The number of nitrogens with zero attached hydrogens (tertiary/aromatic N) is 1. The number of thiophene rings is 1. The number of nitrogens with one attached hydrogen (secondary N) is 2. The maximum atomic E-state index is 5.66. The van der Waals surface area contributed by atoms with Crippen molar-refractivity contribution in [1.82, 2.24) is 10.6 Å². The van der Waals surface area contributed by atoms with Crippen LogP contribution in [0.5, 0.6) is 5.75 Å². The standard InChI is InChI=1S/C23H33N3O2S.HI/c1-4-28-20-9-7-19(8-10-20)23(11-13-27-14-12-23)17-26-22(24-3)25-16-18(2)21-6-5-15-29-21;/h5-10,15,18H,4,11-14,16-17H2,1-3H3,(H2,24,25,26);1H. The Morgan fingerprint density at radius 3 is 2.53 bits per heavy atom. The Morgan fingerprint density at radius 2 is 1.93 bits per heavy atom. The number of halogens is 1. The molecule has 0 radical (unpaired) electrons. The number of benzene rings is 1. The maximum absolute atomic E-state index is 5.66. The molecule has 166 valence electrons. The van der Waals surface area contributed by atoms with E-state index in [0.717, 1.165) is 50.9 Å². The fourth-order valence-electron chi connectivity index (χ4n) is 3.80. The molecule has 1 aromatic carbocycles. The quantitative estimate of drug-likeness (QED) is 0.286. The first-order chi connectivity index (χ1) is 14.2. The van der Waals surface area contributed by atoms with Crippen molar-refractivity contribution in [3.63, 3.8) is 0 Å². The van der Waals surface area contributed by atoms with Crippen molar-refractivity contribution in [2.45, 2.75) is 38.0 Å². The molecule has 1 aromatic heterocycles. The zero-order valence-electron chi connectivity index (χ0n) is 18.1. The van der Waals surface area contributed by atoms with Crippen LogP contribution in [0.15, 0.2) is 46.8 Å². The van der Waals surface area contributed by atoms with Gasteiger partial charge in [0.1, 0.15) is 5.75 Å². The smallest absolute Gasteiger partial charge is 0.191 e. The summed E-state index contributed by atoms with van der Waals surface area (Å²) in [5.41, 5.74) is 1.37. The van der Waals surface area contributed by atoms with E-state index < -0.39 is 0 Å². The molecular weight excluding hydrogens is 509 g/mol. The van der Waals surface area contributed by atoms with Crippen LogP contribution in [0.3, 0.4) is 0 Å². The van der Waals surface area contributed by atoms with E-state index in [-0.39, 0.29) is 29.4 Å². The van der Waals surface area contributed by atoms with Gasteiger partial charge in [-0.2, -0.15) is 0 Å². The van der Waals surface area contributed by atoms with E-state index in [2.05, 4.69) is 64.3 Å². The van der Waals surface area contributed by atoms with E-state index in [9.17, 15) is 0 Å². The summed E-state index contributed by atoms with van der Waals surface area (Å²) in [5, 5.41) is 9.19. The Labute approximate surface area is 201 Å². The highest BCUT2D eigenvalue weighted by Gasteiger charge is 2.34. The first-order valence-corrected chi connectivity index (χ1v) is 11.3. The van der Waals surface area contributed by atoms with Crippen molar-refractivity contribution >= 4 is 41.3 Å². The molecular formula is C23H34IN3O2S. The molecule has 1 unspecified atom stereocenters. The largest absolute Gasteiger partial charge is 0.494 e. The minimum absolute atomic E-state index is 0. The average molecular weight is 544 g/mol. The average Bonchev–Trinajstić information content (AvgIpc) is 3.30. The molecule has 2 N–H and O–H groups in total. The van der Waals surface area contributed by atoms with Gasteiger partial charge in [0.25, 0.3) is 0 Å². The molecule has 2 heterocycles. The fourth-order valence-corrected chi connectivity index (χ4v) is 4.58. The monoisotopic (exact) mass is 543 g/mol. The summed E-state index contributed by atoms with van der Waals surface area (Å²) < 4.78 is 11.3. The number of hydrogen-bond donors (Lipinski definition) is 2. The summed E-state index contributed by atoms with van der Waals surface area (Å²) in [7, 11) is 1.83. The highest BCUT2D eigenvalue weighted by atomic mass is 127. The zero-order chi connectivity index (χ0) is 20.5. The van der Waals surface area contributed by atoms with Gasteiger partial charge < -0.3 is 20.1 Å². The van der Waals surface area contributed by atoms with Crippen LogP contribution in [-0.2, 0) is 10.2 Å². The third-order valence-corrected chi connectivity index (χ3v) is 6.75. The van der Waals surface area contributed by atoms with E-state index in [0.29, 0.717) is 12.5 Å². The molecule has 0 saturated carbocycles. The van der Waals surface area contributed by atoms with Crippen molar-refractivity contribution in [3.8, 4) is 5.75 Å². The van der Waals surface area contributed by atoms with Gasteiger partial charge in [-0.3, -0.25) is 4.99 Å². The van der Waals surface area contributed by atoms with Crippen LogP contribution in [-0.4, -0.2) is 45.9 Å². The van der Waals surface area contributed by atoms with Crippen LogP contribution in [0.25, 0.3) is 0 Å². The third-order valence-electron chi connectivity index (χ3n) is 5.65. The van der Waals surface area contributed by atoms with E-state index in [1.54, 1.807) is 11.3 Å². The number of ether oxygens (including phenoxy) is 2. The summed E-state index contributed by atoms with van der Waals surface area (Å²) >= 11 is 1.80. The SMILES string of the molecule is CCOc1ccc(C2(CNC(=NC)NCC(C)c3cccs3)CCOCC2)cc1.I. The van der Waals surface area contributed by atoms with Crippen LogP contribution in [0.1, 0.15) is 43.0 Å². The van der Waals surface area contributed by atoms with Crippen LogP contribution in [0, 0.1) is 0 Å². The molecule has 5 nitrogen and oxygen atoms in total. The molecule has 1 aliphatic rings. The fraction of sp³-hybridized carbons (Fsp3) is 0.522. The molecule has 0 spiro atoms. The third kappa shape index (κ3) is 6.59. The van der Waals surface area contributed by atoms with Crippen LogP contribution in [0.2, 0.25) is 0 Å². The van der Waals surface area contributed by atoms with E-state index in [1.807, 2.05) is 14.0 Å².